The number of nitrogens with zero attached hydrogens (tertiary/aromatic N) is 5. The Morgan fingerprint density at radius 2 is 2.36 bits per heavy atom. The molecule has 7 nitrogen and oxygen atoms in total. The van der Waals surface area contributed by atoms with Crippen LogP contribution in [-0.2, 0) is 11.3 Å². The number of aromatic nitrogens is 4. The van der Waals surface area contributed by atoms with Crippen molar-refractivity contribution in [2.75, 3.05) is 13.1 Å². The molecular formula is C15H17N5O2. The molecule has 0 aliphatic carbocycles. The SMILES string of the molecule is Cc1cccnc1C(=O)N1CC[C@@H]2OCc3cnnn3[C@H]2C1. The molecule has 1 amide bonds. The third kappa shape index (κ3) is 2.09. The largest absolute Gasteiger partial charge is 0.370 e. The summed E-state index contributed by atoms with van der Waals surface area (Å²) in [5, 5.41) is 8.11. The van der Waals surface area contributed by atoms with Crippen LogP contribution in [0.4, 0.5) is 0 Å². The molecule has 2 atom stereocenters. The molecule has 4 rings (SSSR count). The van der Waals surface area contributed by atoms with Crippen LogP contribution >= 0.6 is 0 Å². The van der Waals surface area contributed by atoms with E-state index in [1.165, 1.54) is 0 Å². The highest BCUT2D eigenvalue weighted by Crippen LogP contribution is 2.30. The number of hydrogen-bond acceptors (Lipinski definition) is 5. The fraction of sp³-hybridized carbons (Fsp3) is 0.467. The van der Waals surface area contributed by atoms with Crippen LogP contribution in [0.15, 0.2) is 24.5 Å². The first-order chi connectivity index (χ1) is 10.7. The van der Waals surface area contributed by atoms with E-state index in [1.54, 1.807) is 12.4 Å². The third-order valence-corrected chi connectivity index (χ3v) is 4.43. The van der Waals surface area contributed by atoms with E-state index >= 15 is 0 Å². The smallest absolute Gasteiger partial charge is 0.272 e. The second-order valence-corrected chi connectivity index (χ2v) is 5.80. The molecule has 1 saturated heterocycles. The van der Waals surface area contributed by atoms with Gasteiger partial charge in [-0.05, 0) is 25.0 Å². The number of piperidine rings is 1. The zero-order valence-electron chi connectivity index (χ0n) is 12.3. The predicted molar refractivity (Wildman–Crippen MR) is 77.1 cm³/mol. The summed E-state index contributed by atoms with van der Waals surface area (Å²) in [5.41, 5.74) is 2.39. The van der Waals surface area contributed by atoms with Gasteiger partial charge in [0, 0.05) is 19.3 Å². The summed E-state index contributed by atoms with van der Waals surface area (Å²) in [6, 6.07) is 3.79. The molecule has 0 radical (unpaired) electrons. The Morgan fingerprint density at radius 3 is 3.23 bits per heavy atom. The molecule has 0 saturated carbocycles. The standard InChI is InChI=1S/C15H17N5O2/c1-10-3-2-5-16-14(10)15(21)19-6-4-13-12(8-19)20-11(9-22-13)7-17-18-20/h2-3,5,7,12-13H,4,6,8-9H2,1H3/t12-,13-/m0/s1. The second-order valence-electron chi connectivity index (χ2n) is 5.80. The lowest BCUT2D eigenvalue weighted by Crippen LogP contribution is -2.50. The van der Waals surface area contributed by atoms with Crippen LogP contribution in [0, 0.1) is 6.92 Å². The van der Waals surface area contributed by atoms with E-state index in [0.717, 1.165) is 17.7 Å². The van der Waals surface area contributed by atoms with Crippen molar-refractivity contribution in [2.45, 2.75) is 32.1 Å². The van der Waals surface area contributed by atoms with Gasteiger partial charge in [-0.2, -0.15) is 0 Å². The van der Waals surface area contributed by atoms with E-state index in [4.69, 9.17) is 4.74 Å². The Labute approximate surface area is 127 Å². The first kappa shape index (κ1) is 13.4. The maximum Gasteiger partial charge on any atom is 0.272 e. The minimum Gasteiger partial charge on any atom is -0.370 e. The zero-order valence-corrected chi connectivity index (χ0v) is 12.3. The van der Waals surface area contributed by atoms with Crippen molar-refractivity contribution in [1.29, 1.82) is 0 Å². The number of ether oxygens (including phenoxy) is 1. The molecule has 1 fully saturated rings. The van der Waals surface area contributed by atoms with Crippen LogP contribution in [0.25, 0.3) is 0 Å². The van der Waals surface area contributed by atoms with Crippen LogP contribution in [0.5, 0.6) is 0 Å². The Balaban J connectivity index is 1.59. The lowest BCUT2D eigenvalue weighted by molar-refractivity contribution is -0.0605. The van der Waals surface area contributed by atoms with Crippen molar-refractivity contribution >= 4 is 5.91 Å². The van der Waals surface area contributed by atoms with Gasteiger partial charge in [-0.15, -0.1) is 5.10 Å². The summed E-state index contributed by atoms with van der Waals surface area (Å²) in [4.78, 5) is 18.8. The Hall–Kier alpha value is -2.28. The summed E-state index contributed by atoms with van der Waals surface area (Å²) >= 11 is 0. The van der Waals surface area contributed by atoms with Gasteiger partial charge < -0.3 is 9.64 Å². The maximum atomic E-state index is 12.7. The molecule has 0 unspecified atom stereocenters. The van der Waals surface area contributed by atoms with Crippen LogP contribution in [0.3, 0.4) is 0 Å². The number of amides is 1. The van der Waals surface area contributed by atoms with E-state index in [9.17, 15) is 4.79 Å². The van der Waals surface area contributed by atoms with Crippen LogP contribution in [0.1, 0.15) is 34.2 Å². The van der Waals surface area contributed by atoms with Crippen molar-refractivity contribution in [3.8, 4) is 0 Å². The highest BCUT2D eigenvalue weighted by atomic mass is 16.5. The van der Waals surface area contributed by atoms with Crippen LogP contribution in [0.2, 0.25) is 0 Å². The number of aryl methyl sites for hydroxylation is 1. The molecule has 0 N–H and O–H groups in total. The van der Waals surface area contributed by atoms with Gasteiger partial charge in [0.05, 0.1) is 30.6 Å². The van der Waals surface area contributed by atoms with E-state index in [0.29, 0.717) is 25.4 Å². The van der Waals surface area contributed by atoms with E-state index in [2.05, 4.69) is 15.3 Å². The van der Waals surface area contributed by atoms with Gasteiger partial charge in [0.25, 0.3) is 5.91 Å². The normalized spacial score (nSPS) is 23.8. The molecule has 2 aromatic heterocycles. The first-order valence-electron chi connectivity index (χ1n) is 7.45. The number of pyridine rings is 1. The van der Waals surface area contributed by atoms with Crippen LogP contribution in [-0.4, -0.2) is 50.0 Å². The molecule has 0 bridgehead atoms. The van der Waals surface area contributed by atoms with Crippen molar-refractivity contribution in [3.05, 3.63) is 41.5 Å². The van der Waals surface area contributed by atoms with Gasteiger partial charge in [-0.1, -0.05) is 11.3 Å². The lowest BCUT2D eigenvalue weighted by atomic mass is 9.99. The van der Waals surface area contributed by atoms with Crippen molar-refractivity contribution in [2.24, 2.45) is 0 Å². The molecule has 114 valence electrons. The molecule has 0 aromatic carbocycles. The molecule has 2 aliphatic rings. The molecule has 2 aromatic rings. The van der Waals surface area contributed by atoms with Gasteiger partial charge >= 0.3 is 0 Å². The van der Waals surface area contributed by atoms with Crippen molar-refractivity contribution in [1.82, 2.24) is 24.9 Å². The van der Waals surface area contributed by atoms with Crippen LogP contribution < -0.4 is 0 Å². The Bertz CT molecular complexity index is 713. The van der Waals surface area contributed by atoms with E-state index in [-0.39, 0.29) is 18.1 Å². The fourth-order valence-electron chi connectivity index (χ4n) is 3.22. The van der Waals surface area contributed by atoms with Crippen molar-refractivity contribution < 1.29 is 9.53 Å². The minimum absolute atomic E-state index is 0.0243. The molecule has 0 spiro atoms. The average Bonchev–Trinajstić information content (AvgIpc) is 3.03. The number of carbonyl (C=O) groups is 1. The quantitative estimate of drug-likeness (QED) is 0.784. The van der Waals surface area contributed by atoms with E-state index < -0.39 is 0 Å². The average molecular weight is 299 g/mol. The lowest BCUT2D eigenvalue weighted by Gasteiger charge is -2.40. The van der Waals surface area contributed by atoms with Gasteiger partial charge in [-0.25, -0.2) is 4.68 Å². The van der Waals surface area contributed by atoms with Crippen molar-refractivity contribution in [3.63, 3.8) is 0 Å². The predicted octanol–water partition coefficient (Wildman–Crippen LogP) is 0.968. The molecule has 7 heteroatoms. The summed E-state index contributed by atoms with van der Waals surface area (Å²) in [6.45, 7) is 3.71. The topological polar surface area (TPSA) is 73.1 Å². The Kier molecular flexibility index (Phi) is 3.15. The first-order valence-corrected chi connectivity index (χ1v) is 7.45. The van der Waals surface area contributed by atoms with Gasteiger partial charge in [-0.3, -0.25) is 9.78 Å². The van der Waals surface area contributed by atoms with Gasteiger partial charge in [0.1, 0.15) is 5.69 Å². The monoisotopic (exact) mass is 299 g/mol. The molecule has 2 aliphatic heterocycles. The maximum absolute atomic E-state index is 12.7. The Morgan fingerprint density at radius 1 is 1.45 bits per heavy atom. The number of fused-ring (bicyclic) bond motifs is 3. The highest BCUT2D eigenvalue weighted by Gasteiger charge is 2.38. The fourth-order valence-corrected chi connectivity index (χ4v) is 3.22. The zero-order chi connectivity index (χ0) is 15.1. The summed E-state index contributed by atoms with van der Waals surface area (Å²) in [6.07, 6.45) is 4.29. The summed E-state index contributed by atoms with van der Waals surface area (Å²) in [5.74, 6) is -0.0243. The third-order valence-electron chi connectivity index (χ3n) is 4.43. The molecular weight excluding hydrogens is 282 g/mol. The highest BCUT2D eigenvalue weighted by molar-refractivity contribution is 5.93. The van der Waals surface area contributed by atoms with E-state index in [1.807, 2.05) is 28.6 Å². The number of rotatable bonds is 1. The number of hydrogen-bond donors (Lipinski definition) is 0. The minimum atomic E-state index is -0.0243. The second kappa shape index (κ2) is 5.17. The number of likely N-dealkylation sites (tertiary alicyclic amines) is 1. The molecule has 4 heterocycles. The number of carbonyl (C=O) groups excluding carboxylic acids is 1. The molecule has 22 heavy (non-hydrogen) atoms. The van der Waals surface area contributed by atoms with Gasteiger partial charge in [0.15, 0.2) is 0 Å². The summed E-state index contributed by atoms with van der Waals surface area (Å²) in [7, 11) is 0. The summed E-state index contributed by atoms with van der Waals surface area (Å²) < 4.78 is 7.77. The van der Waals surface area contributed by atoms with Gasteiger partial charge in [0.2, 0.25) is 0 Å².